The molecule has 0 saturated heterocycles. The van der Waals surface area contributed by atoms with E-state index in [1.54, 1.807) is 0 Å². The second-order valence-corrected chi connectivity index (χ2v) is 4.30. The van der Waals surface area contributed by atoms with E-state index in [1.165, 1.54) is 22.2 Å². The number of nitrogens with zero attached hydrogens (tertiary/aromatic N) is 1. The second-order valence-electron chi connectivity index (χ2n) is 4.30. The molecule has 0 aromatic heterocycles. The van der Waals surface area contributed by atoms with Crippen LogP contribution < -0.4 is 4.90 Å². The van der Waals surface area contributed by atoms with Crippen LogP contribution in [0.1, 0.15) is 27.7 Å². The number of benzene rings is 2. The van der Waals surface area contributed by atoms with Crippen LogP contribution in [0.3, 0.4) is 0 Å². The number of rotatable bonds is 3. The monoisotopic (exact) mass is 267 g/mol. The Balaban J connectivity index is 0.000000956. The molecule has 0 aliphatic rings. The van der Waals surface area contributed by atoms with E-state index in [0.717, 1.165) is 0 Å². The van der Waals surface area contributed by atoms with Gasteiger partial charge in [-0.1, -0.05) is 56.3 Å². The van der Waals surface area contributed by atoms with Crippen molar-refractivity contribution in [2.24, 2.45) is 0 Å². The van der Waals surface area contributed by atoms with E-state index in [4.69, 9.17) is 0 Å². The summed E-state index contributed by atoms with van der Waals surface area (Å²) in [5.41, 5.74) is 2.41. The predicted molar refractivity (Wildman–Crippen MR) is 92.3 cm³/mol. The summed E-state index contributed by atoms with van der Waals surface area (Å²) in [5, 5.41) is 2.56. The lowest BCUT2D eigenvalue weighted by Crippen LogP contribution is -2.14. The molecule has 2 rings (SSSR count). The standard InChI is InChI=1S/C17H19N.C2H6/c1-4-8-16(5-2)18(3)17-12-11-14-9-6-7-10-15(14)13-17;1-2/h4-13H,1-3H3;1-2H3/b8-4-,16-5+;. The average Bonchev–Trinajstić information content (AvgIpc) is 2.53. The normalized spacial score (nSPS) is 11.3. The maximum atomic E-state index is 2.22. The van der Waals surface area contributed by atoms with Gasteiger partial charge in [0.05, 0.1) is 0 Å². The van der Waals surface area contributed by atoms with E-state index in [9.17, 15) is 0 Å². The lowest BCUT2D eigenvalue weighted by molar-refractivity contribution is 1.13. The highest BCUT2D eigenvalue weighted by Crippen LogP contribution is 2.23. The van der Waals surface area contributed by atoms with E-state index >= 15 is 0 Å². The highest BCUT2D eigenvalue weighted by atomic mass is 15.1. The van der Waals surface area contributed by atoms with Crippen molar-refractivity contribution in [3.8, 4) is 0 Å². The molecule has 0 unspecified atom stereocenters. The predicted octanol–water partition coefficient (Wildman–Crippen LogP) is 5.78. The van der Waals surface area contributed by atoms with E-state index in [1.807, 2.05) is 20.8 Å². The van der Waals surface area contributed by atoms with Crippen LogP contribution >= 0.6 is 0 Å². The molecule has 0 aliphatic heterocycles. The molecule has 1 nitrogen and oxygen atoms in total. The maximum Gasteiger partial charge on any atom is 0.0414 e. The summed E-state index contributed by atoms with van der Waals surface area (Å²) in [7, 11) is 2.10. The van der Waals surface area contributed by atoms with Crippen LogP contribution in [0.2, 0.25) is 0 Å². The summed E-state index contributed by atoms with van der Waals surface area (Å²) in [4.78, 5) is 2.20. The highest BCUT2D eigenvalue weighted by Gasteiger charge is 2.04. The van der Waals surface area contributed by atoms with Crippen molar-refractivity contribution in [1.82, 2.24) is 0 Å². The van der Waals surface area contributed by atoms with Gasteiger partial charge in [0.25, 0.3) is 0 Å². The van der Waals surface area contributed by atoms with Crippen molar-refractivity contribution in [2.75, 3.05) is 11.9 Å². The molecular weight excluding hydrogens is 242 g/mol. The molecule has 0 aliphatic carbocycles. The van der Waals surface area contributed by atoms with E-state index in [2.05, 4.69) is 79.6 Å². The molecule has 0 amide bonds. The fourth-order valence-corrected chi connectivity index (χ4v) is 2.11. The number of fused-ring (bicyclic) bond motifs is 1. The number of likely N-dealkylation sites (N-methyl/N-ethyl adjacent to an activating group) is 1. The smallest absolute Gasteiger partial charge is 0.0414 e. The quantitative estimate of drug-likeness (QED) is 0.637. The third-order valence-corrected chi connectivity index (χ3v) is 3.14. The first-order valence-electron chi connectivity index (χ1n) is 7.28. The topological polar surface area (TPSA) is 3.24 Å². The Bertz CT molecular complexity index is 593. The van der Waals surface area contributed by atoms with Gasteiger partial charge in [0.1, 0.15) is 0 Å². The van der Waals surface area contributed by atoms with Gasteiger partial charge in [-0.15, -0.1) is 0 Å². The molecule has 0 bridgehead atoms. The van der Waals surface area contributed by atoms with Gasteiger partial charge >= 0.3 is 0 Å². The number of anilines is 1. The Kier molecular flexibility index (Phi) is 6.58. The van der Waals surface area contributed by atoms with Gasteiger partial charge in [-0.3, -0.25) is 0 Å². The van der Waals surface area contributed by atoms with E-state index < -0.39 is 0 Å². The molecule has 0 atom stereocenters. The summed E-state index contributed by atoms with van der Waals surface area (Å²) >= 11 is 0. The minimum absolute atomic E-state index is 1.20. The zero-order valence-corrected chi connectivity index (χ0v) is 13.2. The molecule has 0 saturated carbocycles. The molecule has 106 valence electrons. The van der Waals surface area contributed by atoms with Crippen LogP contribution in [0.5, 0.6) is 0 Å². The van der Waals surface area contributed by atoms with Crippen LogP contribution in [0.25, 0.3) is 10.8 Å². The first-order chi connectivity index (χ1) is 9.76. The molecular formula is C19H25N. The maximum absolute atomic E-state index is 2.22. The van der Waals surface area contributed by atoms with Crippen molar-refractivity contribution >= 4 is 16.5 Å². The third-order valence-electron chi connectivity index (χ3n) is 3.14. The Morgan fingerprint density at radius 1 is 0.950 bits per heavy atom. The van der Waals surface area contributed by atoms with Gasteiger partial charge in [0.2, 0.25) is 0 Å². The molecule has 20 heavy (non-hydrogen) atoms. The molecule has 0 N–H and O–H groups in total. The highest BCUT2D eigenvalue weighted by molar-refractivity contribution is 5.86. The van der Waals surface area contributed by atoms with Crippen LogP contribution in [-0.2, 0) is 0 Å². The van der Waals surface area contributed by atoms with Crippen molar-refractivity contribution in [3.05, 3.63) is 66.4 Å². The van der Waals surface area contributed by atoms with Gasteiger partial charge in [-0.25, -0.2) is 0 Å². The largest absolute Gasteiger partial charge is 0.345 e. The van der Waals surface area contributed by atoms with Crippen LogP contribution in [-0.4, -0.2) is 7.05 Å². The van der Waals surface area contributed by atoms with E-state index in [-0.39, 0.29) is 0 Å². The van der Waals surface area contributed by atoms with Crippen LogP contribution in [0, 0.1) is 0 Å². The van der Waals surface area contributed by atoms with Gasteiger partial charge in [-0.2, -0.15) is 0 Å². The van der Waals surface area contributed by atoms with Crippen molar-refractivity contribution in [3.63, 3.8) is 0 Å². The number of hydrogen-bond acceptors (Lipinski definition) is 1. The lowest BCUT2D eigenvalue weighted by atomic mass is 10.1. The second kappa shape index (κ2) is 8.21. The molecule has 1 heteroatoms. The molecule has 2 aromatic rings. The van der Waals surface area contributed by atoms with Crippen molar-refractivity contribution < 1.29 is 0 Å². The summed E-state index contributed by atoms with van der Waals surface area (Å²) < 4.78 is 0. The lowest BCUT2D eigenvalue weighted by Gasteiger charge is -2.21. The zero-order valence-electron chi connectivity index (χ0n) is 13.2. The Morgan fingerprint density at radius 2 is 1.60 bits per heavy atom. The van der Waals surface area contributed by atoms with Gasteiger partial charge < -0.3 is 4.90 Å². The fraction of sp³-hybridized carbons (Fsp3) is 0.263. The van der Waals surface area contributed by atoms with Gasteiger partial charge in [0.15, 0.2) is 0 Å². The zero-order chi connectivity index (χ0) is 15.0. The van der Waals surface area contributed by atoms with Crippen LogP contribution in [0.4, 0.5) is 5.69 Å². The average molecular weight is 267 g/mol. The Morgan fingerprint density at radius 3 is 2.20 bits per heavy atom. The Hall–Kier alpha value is -2.02. The minimum Gasteiger partial charge on any atom is -0.345 e. The van der Waals surface area contributed by atoms with Crippen LogP contribution in [0.15, 0.2) is 66.4 Å². The molecule has 0 radical (unpaired) electrons. The molecule has 2 aromatic carbocycles. The SMILES string of the molecule is C/C=C\C(=C/C)N(C)c1ccc2ccccc2c1.CC. The van der Waals surface area contributed by atoms with Crippen molar-refractivity contribution in [1.29, 1.82) is 0 Å². The molecule has 0 heterocycles. The first kappa shape index (κ1) is 16.0. The molecule has 0 spiro atoms. The van der Waals surface area contributed by atoms with Gasteiger partial charge in [-0.05, 0) is 42.8 Å². The first-order valence-corrected chi connectivity index (χ1v) is 7.28. The summed E-state index contributed by atoms with van der Waals surface area (Å²) in [6.45, 7) is 8.10. The van der Waals surface area contributed by atoms with Crippen molar-refractivity contribution in [2.45, 2.75) is 27.7 Å². The number of hydrogen-bond donors (Lipinski definition) is 0. The number of allylic oxidation sites excluding steroid dienone is 3. The van der Waals surface area contributed by atoms with Gasteiger partial charge in [0, 0.05) is 18.4 Å². The van der Waals surface area contributed by atoms with E-state index in [0.29, 0.717) is 0 Å². The Labute approximate surface area is 123 Å². The summed E-state index contributed by atoms with van der Waals surface area (Å²) in [6.07, 6.45) is 6.30. The summed E-state index contributed by atoms with van der Waals surface area (Å²) in [6, 6.07) is 15.0. The summed E-state index contributed by atoms with van der Waals surface area (Å²) in [5.74, 6) is 0. The molecule has 0 fully saturated rings. The fourth-order valence-electron chi connectivity index (χ4n) is 2.11. The third kappa shape index (κ3) is 3.74. The minimum atomic E-state index is 1.20.